The number of nitrogens with zero attached hydrogens (tertiary/aromatic N) is 2. The van der Waals surface area contributed by atoms with Crippen LogP contribution in [0.5, 0.6) is 0 Å². The third-order valence-corrected chi connectivity index (χ3v) is 3.76. The highest BCUT2D eigenvalue weighted by Gasteiger charge is 2.20. The Morgan fingerprint density at radius 1 is 1.61 bits per heavy atom. The Labute approximate surface area is 112 Å². The fourth-order valence-corrected chi connectivity index (χ4v) is 2.70. The van der Waals surface area contributed by atoms with E-state index in [4.69, 9.17) is 6.42 Å². The topological polar surface area (TPSA) is 29.9 Å². The average Bonchev–Trinajstić information content (AvgIpc) is 2.97. The average molecular weight is 259 g/mol. The highest BCUT2D eigenvalue weighted by atomic mass is 32.1. The molecule has 94 valence electrons. The Bertz CT molecular complexity index is 521. The van der Waals surface area contributed by atoms with E-state index in [2.05, 4.69) is 40.7 Å². The van der Waals surface area contributed by atoms with Crippen LogP contribution in [-0.2, 0) is 7.05 Å². The number of imidazole rings is 1. The van der Waals surface area contributed by atoms with Crippen LogP contribution >= 0.6 is 11.3 Å². The first kappa shape index (κ1) is 12.9. The second kappa shape index (κ2) is 5.85. The summed E-state index contributed by atoms with van der Waals surface area (Å²) in [7, 11) is 2.01. The Morgan fingerprint density at radius 2 is 2.44 bits per heavy atom. The van der Waals surface area contributed by atoms with Crippen LogP contribution in [0.3, 0.4) is 0 Å². The van der Waals surface area contributed by atoms with Gasteiger partial charge in [0.1, 0.15) is 11.9 Å². The van der Waals surface area contributed by atoms with E-state index in [1.54, 1.807) is 11.3 Å². The van der Waals surface area contributed by atoms with Gasteiger partial charge in [-0.15, -0.1) is 23.7 Å². The molecule has 18 heavy (non-hydrogen) atoms. The summed E-state index contributed by atoms with van der Waals surface area (Å²) in [5.41, 5.74) is 0. The zero-order valence-electron chi connectivity index (χ0n) is 10.6. The number of terminal acetylenes is 1. The van der Waals surface area contributed by atoms with Crippen LogP contribution < -0.4 is 5.32 Å². The van der Waals surface area contributed by atoms with Gasteiger partial charge in [-0.25, -0.2) is 4.98 Å². The first-order valence-corrected chi connectivity index (χ1v) is 6.80. The van der Waals surface area contributed by atoms with Crippen molar-refractivity contribution in [2.75, 3.05) is 0 Å². The van der Waals surface area contributed by atoms with Crippen molar-refractivity contribution in [1.82, 2.24) is 14.9 Å². The smallest absolute Gasteiger partial charge is 0.131 e. The molecule has 2 atom stereocenters. The summed E-state index contributed by atoms with van der Waals surface area (Å²) in [5.74, 6) is 3.71. The van der Waals surface area contributed by atoms with Gasteiger partial charge in [-0.2, -0.15) is 0 Å². The minimum absolute atomic E-state index is 0.105. The van der Waals surface area contributed by atoms with E-state index < -0.39 is 0 Å². The number of hydrogen-bond acceptors (Lipinski definition) is 3. The quantitative estimate of drug-likeness (QED) is 0.836. The number of rotatable bonds is 5. The lowest BCUT2D eigenvalue weighted by Crippen LogP contribution is -2.32. The zero-order chi connectivity index (χ0) is 13.0. The number of nitrogens with one attached hydrogen (secondary N) is 1. The molecule has 0 bridgehead atoms. The van der Waals surface area contributed by atoms with E-state index in [-0.39, 0.29) is 12.1 Å². The second-order valence-electron chi connectivity index (χ2n) is 4.32. The second-order valence-corrected chi connectivity index (χ2v) is 5.30. The van der Waals surface area contributed by atoms with Crippen molar-refractivity contribution >= 4 is 11.3 Å². The lowest BCUT2D eigenvalue weighted by Gasteiger charge is -2.21. The van der Waals surface area contributed by atoms with Gasteiger partial charge in [-0.05, 0) is 18.4 Å². The van der Waals surface area contributed by atoms with Gasteiger partial charge in [0.2, 0.25) is 0 Å². The molecular formula is C14H17N3S. The van der Waals surface area contributed by atoms with Crippen molar-refractivity contribution in [1.29, 1.82) is 0 Å². The van der Waals surface area contributed by atoms with E-state index >= 15 is 0 Å². The third-order valence-electron chi connectivity index (χ3n) is 2.82. The Hall–Kier alpha value is -1.57. The van der Waals surface area contributed by atoms with Crippen molar-refractivity contribution < 1.29 is 0 Å². The predicted octanol–water partition coefficient (Wildman–Crippen LogP) is 2.57. The van der Waals surface area contributed by atoms with E-state index in [0.717, 1.165) is 5.82 Å². The van der Waals surface area contributed by atoms with Crippen molar-refractivity contribution in [3.8, 4) is 12.3 Å². The molecule has 2 aromatic rings. The lowest BCUT2D eigenvalue weighted by molar-refractivity contribution is 0.486. The molecule has 1 N–H and O–H groups in total. The lowest BCUT2D eigenvalue weighted by atomic mass is 10.1. The Balaban J connectivity index is 2.25. The largest absolute Gasteiger partial charge is 0.336 e. The van der Waals surface area contributed by atoms with Crippen LogP contribution in [0.15, 0.2) is 29.9 Å². The molecule has 0 saturated heterocycles. The molecule has 0 fully saturated rings. The van der Waals surface area contributed by atoms with Crippen molar-refractivity contribution in [2.45, 2.75) is 25.4 Å². The molecule has 2 unspecified atom stereocenters. The number of aryl methyl sites for hydroxylation is 1. The number of thiophene rings is 1. The summed E-state index contributed by atoms with van der Waals surface area (Å²) >= 11 is 1.73. The van der Waals surface area contributed by atoms with Crippen molar-refractivity contribution in [3.63, 3.8) is 0 Å². The van der Waals surface area contributed by atoms with Gasteiger partial charge >= 0.3 is 0 Å². The van der Waals surface area contributed by atoms with Crippen LogP contribution in [-0.4, -0.2) is 15.6 Å². The van der Waals surface area contributed by atoms with Crippen LogP contribution in [0.2, 0.25) is 0 Å². The number of hydrogen-bond donors (Lipinski definition) is 1. The van der Waals surface area contributed by atoms with E-state index in [1.807, 2.05) is 24.0 Å². The first-order valence-electron chi connectivity index (χ1n) is 5.92. The summed E-state index contributed by atoms with van der Waals surface area (Å²) in [6.45, 7) is 2.10. The maximum Gasteiger partial charge on any atom is 0.131 e. The van der Waals surface area contributed by atoms with Gasteiger partial charge in [-0.3, -0.25) is 5.32 Å². The molecule has 2 rings (SSSR count). The molecule has 0 radical (unpaired) electrons. The van der Waals surface area contributed by atoms with E-state index in [0.29, 0.717) is 6.42 Å². The van der Waals surface area contributed by atoms with Gasteiger partial charge in [0.25, 0.3) is 0 Å². The highest BCUT2D eigenvalue weighted by molar-refractivity contribution is 7.10. The van der Waals surface area contributed by atoms with Gasteiger partial charge < -0.3 is 4.57 Å². The number of aromatic nitrogens is 2. The molecular weight excluding hydrogens is 242 g/mol. The molecule has 4 heteroatoms. The SMILES string of the molecule is C#CCC(C)NC(c1cccs1)c1nccn1C. The van der Waals surface area contributed by atoms with Crippen LogP contribution in [0, 0.1) is 12.3 Å². The van der Waals surface area contributed by atoms with Crippen molar-refractivity contribution in [3.05, 3.63) is 40.6 Å². The predicted molar refractivity (Wildman–Crippen MR) is 75.4 cm³/mol. The first-order chi connectivity index (χ1) is 8.72. The molecule has 0 amide bonds. The molecule has 3 nitrogen and oxygen atoms in total. The molecule has 0 aromatic carbocycles. The molecule has 0 aliphatic carbocycles. The monoisotopic (exact) mass is 259 g/mol. The third kappa shape index (κ3) is 2.81. The summed E-state index contributed by atoms with van der Waals surface area (Å²) in [4.78, 5) is 5.70. The highest BCUT2D eigenvalue weighted by Crippen LogP contribution is 2.25. The maximum absolute atomic E-state index is 5.36. The van der Waals surface area contributed by atoms with Gasteiger partial charge in [0, 0.05) is 36.8 Å². The van der Waals surface area contributed by atoms with Gasteiger partial charge in [-0.1, -0.05) is 6.07 Å². The molecule has 0 aliphatic heterocycles. The van der Waals surface area contributed by atoms with Crippen LogP contribution in [0.4, 0.5) is 0 Å². The summed E-state index contributed by atoms with van der Waals surface area (Å²) in [5, 5.41) is 5.63. The zero-order valence-corrected chi connectivity index (χ0v) is 11.4. The minimum atomic E-state index is 0.105. The fraction of sp³-hybridized carbons (Fsp3) is 0.357. The Morgan fingerprint density at radius 3 is 3.00 bits per heavy atom. The molecule has 2 aromatic heterocycles. The molecule has 0 spiro atoms. The fourth-order valence-electron chi connectivity index (χ4n) is 1.91. The minimum Gasteiger partial charge on any atom is -0.336 e. The van der Waals surface area contributed by atoms with Crippen LogP contribution in [0.1, 0.15) is 30.1 Å². The Kier molecular flexibility index (Phi) is 4.19. The van der Waals surface area contributed by atoms with E-state index in [1.165, 1.54) is 4.88 Å². The van der Waals surface area contributed by atoms with Crippen LogP contribution in [0.25, 0.3) is 0 Å². The molecule has 0 saturated carbocycles. The van der Waals surface area contributed by atoms with E-state index in [9.17, 15) is 0 Å². The van der Waals surface area contributed by atoms with Gasteiger partial charge in [0.15, 0.2) is 0 Å². The van der Waals surface area contributed by atoms with Crippen molar-refractivity contribution in [2.24, 2.45) is 7.05 Å². The summed E-state index contributed by atoms with van der Waals surface area (Å²) in [6.07, 6.45) is 9.86. The summed E-state index contributed by atoms with van der Waals surface area (Å²) in [6, 6.07) is 4.55. The summed E-state index contributed by atoms with van der Waals surface area (Å²) < 4.78 is 2.04. The normalized spacial score (nSPS) is 14.1. The van der Waals surface area contributed by atoms with Gasteiger partial charge in [0.05, 0.1) is 0 Å². The maximum atomic E-state index is 5.36. The molecule has 0 aliphatic rings. The molecule has 2 heterocycles. The standard InChI is InChI=1S/C14H17N3S/c1-4-6-11(2)16-13(12-7-5-10-18-12)14-15-8-9-17(14)3/h1,5,7-11,13,16H,6H2,2-3H3.